The molecule has 84 valence electrons. The molecule has 0 radical (unpaired) electrons. The van der Waals surface area contributed by atoms with E-state index >= 15 is 0 Å². The highest BCUT2D eigenvalue weighted by atomic mass is 79.9. The number of nitrogens with zero attached hydrogens (tertiary/aromatic N) is 1. The fourth-order valence-electron chi connectivity index (χ4n) is 1.34. The van der Waals surface area contributed by atoms with Crippen LogP contribution in [0.5, 0.6) is 0 Å². The summed E-state index contributed by atoms with van der Waals surface area (Å²) in [6, 6.07) is 0. The van der Waals surface area contributed by atoms with Crippen LogP contribution in [0.2, 0.25) is 0 Å². The first-order valence-electron chi connectivity index (χ1n) is 4.52. The predicted molar refractivity (Wildman–Crippen MR) is 63.7 cm³/mol. The molecule has 5 heteroatoms. The number of hydroxylamine groups is 2. The van der Waals surface area contributed by atoms with Gasteiger partial charge in [-0.2, -0.15) is 0 Å². The molecule has 0 saturated carbocycles. The van der Waals surface area contributed by atoms with Crippen LogP contribution in [0.4, 0.5) is 0 Å². The Morgan fingerprint density at radius 3 is 2.73 bits per heavy atom. The molecule has 0 aliphatic heterocycles. The van der Waals surface area contributed by atoms with E-state index in [1.165, 1.54) is 12.2 Å². The maximum absolute atomic E-state index is 11.8. The Labute approximate surface area is 103 Å². The highest BCUT2D eigenvalue weighted by molar-refractivity contribution is 9.11. The molecule has 0 bridgehead atoms. The number of alkyl halides is 1. The third-order valence-electron chi connectivity index (χ3n) is 2.42. The van der Waals surface area contributed by atoms with E-state index in [2.05, 4.69) is 15.9 Å². The van der Waals surface area contributed by atoms with Crippen molar-refractivity contribution < 1.29 is 9.63 Å². The molecule has 3 nitrogen and oxygen atoms in total. The molecule has 1 aliphatic rings. The smallest absolute Gasteiger partial charge is 0.273 e. The zero-order valence-corrected chi connectivity index (χ0v) is 11.2. The van der Waals surface area contributed by atoms with Crippen LogP contribution >= 0.6 is 27.5 Å². The van der Waals surface area contributed by atoms with E-state index in [4.69, 9.17) is 16.4 Å². The Kier molecular flexibility index (Phi) is 4.37. The quantitative estimate of drug-likeness (QED) is 0.578. The molecule has 0 aromatic carbocycles. The maximum atomic E-state index is 11.8. The molecular weight excluding hydrogens is 281 g/mol. The second-order valence-corrected chi connectivity index (χ2v) is 4.74. The lowest BCUT2D eigenvalue weighted by Crippen LogP contribution is -2.32. The molecule has 2 unspecified atom stereocenters. The summed E-state index contributed by atoms with van der Waals surface area (Å²) < 4.78 is 0.897. The van der Waals surface area contributed by atoms with Gasteiger partial charge in [-0.3, -0.25) is 9.63 Å². The SMILES string of the molecule is CON(C)C(=O)C1=CC=C(Br)C(Cl)C1C. The van der Waals surface area contributed by atoms with Crippen LogP contribution in [0.25, 0.3) is 0 Å². The van der Waals surface area contributed by atoms with Gasteiger partial charge in [-0.25, -0.2) is 5.06 Å². The van der Waals surface area contributed by atoms with Gasteiger partial charge in [-0.15, -0.1) is 11.6 Å². The first kappa shape index (κ1) is 12.7. The number of carbonyl (C=O) groups is 1. The van der Waals surface area contributed by atoms with Crippen molar-refractivity contribution in [3.63, 3.8) is 0 Å². The van der Waals surface area contributed by atoms with Crippen LogP contribution in [0.15, 0.2) is 22.2 Å². The van der Waals surface area contributed by atoms with Crippen LogP contribution in [-0.2, 0) is 9.63 Å². The molecule has 2 atom stereocenters. The Morgan fingerprint density at radius 2 is 2.20 bits per heavy atom. The lowest BCUT2D eigenvalue weighted by atomic mass is 9.92. The van der Waals surface area contributed by atoms with Crippen molar-refractivity contribution in [1.82, 2.24) is 5.06 Å². The summed E-state index contributed by atoms with van der Waals surface area (Å²) in [6.07, 6.45) is 3.57. The normalized spacial score (nSPS) is 25.7. The average molecular weight is 295 g/mol. The summed E-state index contributed by atoms with van der Waals surface area (Å²) in [7, 11) is 3.03. The third-order valence-corrected chi connectivity index (χ3v) is 4.06. The van der Waals surface area contributed by atoms with Crippen LogP contribution in [-0.4, -0.2) is 30.5 Å². The molecular formula is C10H13BrClNO2. The number of amides is 1. The molecule has 1 rings (SSSR count). The van der Waals surface area contributed by atoms with E-state index in [-0.39, 0.29) is 17.2 Å². The topological polar surface area (TPSA) is 29.5 Å². The number of hydrogen-bond acceptors (Lipinski definition) is 2. The summed E-state index contributed by atoms with van der Waals surface area (Å²) in [6.45, 7) is 1.92. The van der Waals surface area contributed by atoms with E-state index in [0.717, 1.165) is 4.48 Å². The van der Waals surface area contributed by atoms with E-state index in [1.54, 1.807) is 19.2 Å². The van der Waals surface area contributed by atoms with Crippen LogP contribution in [0.3, 0.4) is 0 Å². The second-order valence-electron chi connectivity index (χ2n) is 3.35. The number of likely N-dealkylation sites (N-methyl/N-ethyl adjacent to an activating group) is 1. The molecule has 0 aromatic heterocycles. The van der Waals surface area contributed by atoms with E-state index in [9.17, 15) is 4.79 Å². The second kappa shape index (κ2) is 5.14. The number of carbonyl (C=O) groups excluding carboxylic acids is 1. The molecule has 15 heavy (non-hydrogen) atoms. The minimum atomic E-state index is -0.195. The van der Waals surface area contributed by atoms with Gasteiger partial charge in [0.25, 0.3) is 5.91 Å². The Morgan fingerprint density at radius 1 is 1.60 bits per heavy atom. The largest absolute Gasteiger partial charge is 0.274 e. The summed E-state index contributed by atoms with van der Waals surface area (Å²) in [5.41, 5.74) is 0.655. The fraction of sp³-hybridized carbons (Fsp3) is 0.500. The first-order valence-corrected chi connectivity index (χ1v) is 5.75. The standard InChI is InChI=1S/C10H13BrClNO2/c1-6-7(10(14)13(2)15-3)4-5-8(11)9(6)12/h4-6,9H,1-3H3. The molecule has 1 amide bonds. The fourth-order valence-corrected chi connectivity index (χ4v) is 2.08. The summed E-state index contributed by atoms with van der Waals surface area (Å²) in [5.74, 6) is -0.192. The molecule has 1 aliphatic carbocycles. The number of allylic oxidation sites excluding steroid dienone is 3. The van der Waals surface area contributed by atoms with Crippen molar-refractivity contribution in [3.8, 4) is 0 Å². The first-order chi connectivity index (χ1) is 6.99. The minimum Gasteiger partial charge on any atom is -0.274 e. The Hall–Kier alpha value is -0.320. The summed E-state index contributed by atoms with van der Waals surface area (Å²) >= 11 is 9.49. The highest BCUT2D eigenvalue weighted by Gasteiger charge is 2.29. The number of halogens is 2. The summed E-state index contributed by atoms with van der Waals surface area (Å²) in [5, 5.41) is 0.998. The zero-order chi connectivity index (χ0) is 11.6. The lowest BCUT2D eigenvalue weighted by Gasteiger charge is -2.26. The monoisotopic (exact) mass is 293 g/mol. The highest BCUT2D eigenvalue weighted by Crippen LogP contribution is 2.33. The lowest BCUT2D eigenvalue weighted by molar-refractivity contribution is -0.164. The van der Waals surface area contributed by atoms with Crippen LogP contribution in [0.1, 0.15) is 6.92 Å². The summed E-state index contributed by atoms with van der Waals surface area (Å²) in [4.78, 5) is 16.7. The molecule has 0 spiro atoms. The van der Waals surface area contributed by atoms with Gasteiger partial charge < -0.3 is 0 Å². The van der Waals surface area contributed by atoms with E-state index in [1.807, 2.05) is 6.92 Å². The average Bonchev–Trinajstić information content (AvgIpc) is 2.24. The maximum Gasteiger partial charge on any atom is 0.273 e. The Bertz CT molecular complexity index is 327. The van der Waals surface area contributed by atoms with Crippen molar-refractivity contribution in [3.05, 3.63) is 22.2 Å². The van der Waals surface area contributed by atoms with Gasteiger partial charge in [0.15, 0.2) is 0 Å². The van der Waals surface area contributed by atoms with Gasteiger partial charge in [0.2, 0.25) is 0 Å². The van der Waals surface area contributed by atoms with Crippen molar-refractivity contribution >= 4 is 33.4 Å². The van der Waals surface area contributed by atoms with Crippen LogP contribution < -0.4 is 0 Å². The molecule has 0 saturated heterocycles. The van der Waals surface area contributed by atoms with Gasteiger partial charge >= 0.3 is 0 Å². The van der Waals surface area contributed by atoms with E-state index in [0.29, 0.717) is 5.57 Å². The van der Waals surface area contributed by atoms with Crippen molar-refractivity contribution in [2.75, 3.05) is 14.2 Å². The molecule has 0 N–H and O–H groups in total. The van der Waals surface area contributed by atoms with Gasteiger partial charge in [-0.1, -0.05) is 35.0 Å². The number of hydrogen-bond donors (Lipinski definition) is 0. The van der Waals surface area contributed by atoms with Crippen LogP contribution in [0, 0.1) is 5.92 Å². The molecule has 0 heterocycles. The van der Waals surface area contributed by atoms with Gasteiger partial charge in [0.1, 0.15) is 0 Å². The third kappa shape index (κ3) is 2.62. The van der Waals surface area contributed by atoms with Crippen molar-refractivity contribution in [1.29, 1.82) is 0 Å². The van der Waals surface area contributed by atoms with Crippen molar-refractivity contribution in [2.24, 2.45) is 5.92 Å². The van der Waals surface area contributed by atoms with Gasteiger partial charge in [0, 0.05) is 23.0 Å². The van der Waals surface area contributed by atoms with Crippen molar-refractivity contribution in [2.45, 2.75) is 12.3 Å². The van der Waals surface area contributed by atoms with Gasteiger partial charge in [-0.05, 0) is 0 Å². The zero-order valence-electron chi connectivity index (χ0n) is 8.83. The predicted octanol–water partition coefficient (Wildman–Crippen LogP) is 2.47. The van der Waals surface area contributed by atoms with Gasteiger partial charge in [0.05, 0.1) is 12.5 Å². The minimum absolute atomic E-state index is 0.0314. The molecule has 0 aromatic rings. The Balaban J connectivity index is 2.92. The van der Waals surface area contributed by atoms with E-state index < -0.39 is 0 Å². The molecule has 0 fully saturated rings. The number of rotatable bonds is 2.